The third-order valence-corrected chi connectivity index (χ3v) is 5.90. The molecule has 0 N–H and O–H groups in total. The Balaban J connectivity index is 1.52. The van der Waals surface area contributed by atoms with Crippen LogP contribution in [0.15, 0.2) is 47.5 Å². The molecule has 3 heterocycles. The summed E-state index contributed by atoms with van der Waals surface area (Å²) in [6, 6.07) is 7.96. The van der Waals surface area contributed by atoms with Gasteiger partial charge in [0, 0.05) is 42.3 Å². The minimum Gasteiger partial charge on any atom is -0.338 e. The van der Waals surface area contributed by atoms with Gasteiger partial charge in [-0.2, -0.15) is 0 Å². The van der Waals surface area contributed by atoms with E-state index in [2.05, 4.69) is 32.9 Å². The van der Waals surface area contributed by atoms with Crippen LogP contribution in [0.5, 0.6) is 0 Å². The number of thiazole rings is 1. The summed E-state index contributed by atoms with van der Waals surface area (Å²) in [6.45, 7) is 4.38. The van der Waals surface area contributed by atoms with Crippen molar-refractivity contribution in [2.24, 2.45) is 0 Å². The molecule has 5 nitrogen and oxygen atoms in total. The van der Waals surface area contributed by atoms with E-state index in [1.807, 2.05) is 41.0 Å². The molecular weight excluding hydrogens is 356 g/mol. The number of rotatable bonds is 5. The first-order valence-electron chi connectivity index (χ1n) is 9.51. The highest BCUT2D eigenvalue weighted by molar-refractivity contribution is 7.07. The number of nitrogens with zero attached hydrogens (tertiary/aromatic N) is 4. The number of hydrogen-bond acceptors (Lipinski definition) is 4. The predicted octanol–water partition coefficient (Wildman–Crippen LogP) is 3.97. The smallest absolute Gasteiger partial charge is 0.254 e. The maximum absolute atomic E-state index is 13.1. The molecule has 0 saturated carbocycles. The second kappa shape index (κ2) is 8.05. The number of aryl methyl sites for hydroxylation is 1. The van der Waals surface area contributed by atoms with E-state index in [1.54, 1.807) is 11.3 Å². The lowest BCUT2D eigenvalue weighted by Gasteiger charge is -2.33. The number of amides is 1. The first-order chi connectivity index (χ1) is 13.3. The van der Waals surface area contributed by atoms with E-state index in [0.29, 0.717) is 0 Å². The summed E-state index contributed by atoms with van der Waals surface area (Å²) in [4.78, 5) is 24.1. The Morgan fingerprint density at radius 3 is 3.00 bits per heavy atom. The van der Waals surface area contributed by atoms with Gasteiger partial charge in [0.2, 0.25) is 0 Å². The molecule has 0 bridgehead atoms. The lowest BCUT2D eigenvalue weighted by molar-refractivity contribution is 0.0702. The average Bonchev–Trinajstić information content (AvgIpc) is 3.40. The summed E-state index contributed by atoms with van der Waals surface area (Å²) in [7, 11) is 0. The fourth-order valence-electron chi connectivity index (χ4n) is 3.88. The van der Waals surface area contributed by atoms with Crippen LogP contribution in [0.3, 0.4) is 0 Å². The average molecular weight is 381 g/mol. The summed E-state index contributed by atoms with van der Waals surface area (Å²) < 4.78 is 2.17. The largest absolute Gasteiger partial charge is 0.338 e. The third kappa shape index (κ3) is 3.81. The molecule has 0 unspecified atom stereocenters. The predicted molar refractivity (Wildman–Crippen MR) is 107 cm³/mol. The van der Waals surface area contributed by atoms with E-state index in [4.69, 9.17) is 0 Å². The molecule has 0 radical (unpaired) electrons. The highest BCUT2D eigenvalue weighted by atomic mass is 32.1. The van der Waals surface area contributed by atoms with Gasteiger partial charge < -0.3 is 9.47 Å². The van der Waals surface area contributed by atoms with E-state index >= 15 is 0 Å². The summed E-state index contributed by atoms with van der Waals surface area (Å²) in [6.07, 6.45) is 6.81. The molecule has 140 valence electrons. The van der Waals surface area contributed by atoms with Crippen LogP contribution < -0.4 is 0 Å². The van der Waals surface area contributed by atoms with Gasteiger partial charge in [-0.1, -0.05) is 25.1 Å². The molecular formula is C21H24N4OS. The lowest BCUT2D eigenvalue weighted by atomic mass is 9.95. The van der Waals surface area contributed by atoms with Crippen molar-refractivity contribution in [2.45, 2.75) is 38.6 Å². The molecule has 3 aromatic rings. The van der Waals surface area contributed by atoms with Gasteiger partial charge in [-0.25, -0.2) is 9.97 Å². The van der Waals surface area contributed by atoms with Gasteiger partial charge >= 0.3 is 0 Å². The van der Waals surface area contributed by atoms with E-state index in [9.17, 15) is 4.79 Å². The first kappa shape index (κ1) is 17.9. The van der Waals surface area contributed by atoms with Crippen LogP contribution in [0.1, 0.15) is 53.1 Å². The number of hydrogen-bond donors (Lipinski definition) is 0. The van der Waals surface area contributed by atoms with Crippen molar-refractivity contribution in [2.75, 3.05) is 13.1 Å². The number of benzene rings is 1. The number of aromatic nitrogens is 3. The standard InChI is InChI=1S/C21H24N4OS/c1-2-16-6-3-4-8-19(16)21(26)25-10-5-7-17(12-25)20-22-9-11-24(20)13-18-14-27-15-23-18/h3-4,6,8-9,11,14-15,17H,2,5,7,10,12-13H2,1H3/t17-/m1/s1. The van der Waals surface area contributed by atoms with Crippen LogP contribution in [0, 0.1) is 0 Å². The Hall–Kier alpha value is -2.47. The Morgan fingerprint density at radius 1 is 1.30 bits per heavy atom. The van der Waals surface area contributed by atoms with Crippen molar-refractivity contribution in [3.63, 3.8) is 0 Å². The second-order valence-corrected chi connectivity index (χ2v) is 7.71. The minimum absolute atomic E-state index is 0.148. The third-order valence-electron chi connectivity index (χ3n) is 5.27. The van der Waals surface area contributed by atoms with E-state index in [-0.39, 0.29) is 11.8 Å². The molecule has 4 rings (SSSR count). The van der Waals surface area contributed by atoms with E-state index < -0.39 is 0 Å². The van der Waals surface area contributed by atoms with Crippen molar-refractivity contribution in [3.05, 3.63) is 70.2 Å². The summed E-state index contributed by atoms with van der Waals surface area (Å²) in [5.74, 6) is 1.48. The van der Waals surface area contributed by atoms with E-state index in [1.165, 1.54) is 0 Å². The molecule has 1 fully saturated rings. The number of carbonyl (C=O) groups is 1. The van der Waals surface area contributed by atoms with Crippen molar-refractivity contribution in [3.8, 4) is 0 Å². The Bertz CT molecular complexity index is 903. The molecule has 6 heteroatoms. The van der Waals surface area contributed by atoms with Crippen LogP contribution in [0.4, 0.5) is 0 Å². The summed E-state index contributed by atoms with van der Waals surface area (Å²) in [5.41, 5.74) is 4.87. The molecule has 1 amide bonds. The van der Waals surface area contributed by atoms with Crippen LogP contribution in [0.2, 0.25) is 0 Å². The van der Waals surface area contributed by atoms with Crippen LogP contribution in [-0.2, 0) is 13.0 Å². The van der Waals surface area contributed by atoms with Crippen molar-refractivity contribution in [1.82, 2.24) is 19.4 Å². The number of likely N-dealkylation sites (tertiary alicyclic amines) is 1. The van der Waals surface area contributed by atoms with Gasteiger partial charge in [0.05, 0.1) is 17.7 Å². The summed E-state index contributed by atoms with van der Waals surface area (Å²) in [5, 5.41) is 2.07. The van der Waals surface area contributed by atoms with Gasteiger partial charge in [-0.15, -0.1) is 11.3 Å². The molecule has 1 aliphatic rings. The fraction of sp³-hybridized carbons (Fsp3) is 0.381. The molecule has 2 aromatic heterocycles. The highest BCUT2D eigenvalue weighted by Crippen LogP contribution is 2.28. The van der Waals surface area contributed by atoms with Crippen molar-refractivity contribution < 1.29 is 4.79 Å². The van der Waals surface area contributed by atoms with E-state index in [0.717, 1.165) is 61.5 Å². The SMILES string of the molecule is CCc1ccccc1C(=O)N1CCC[C@@H](c2nccn2Cc2cscn2)C1. The van der Waals surface area contributed by atoms with Gasteiger partial charge in [0.15, 0.2) is 0 Å². The second-order valence-electron chi connectivity index (χ2n) is 6.99. The fourth-order valence-corrected chi connectivity index (χ4v) is 4.43. The number of imidazole rings is 1. The molecule has 0 aliphatic carbocycles. The van der Waals surface area contributed by atoms with Gasteiger partial charge in [0.25, 0.3) is 5.91 Å². The maximum atomic E-state index is 13.1. The van der Waals surface area contributed by atoms with Crippen LogP contribution in [0.25, 0.3) is 0 Å². The van der Waals surface area contributed by atoms with Crippen molar-refractivity contribution >= 4 is 17.2 Å². The Labute approximate surface area is 163 Å². The molecule has 1 aliphatic heterocycles. The monoisotopic (exact) mass is 380 g/mol. The lowest BCUT2D eigenvalue weighted by Crippen LogP contribution is -2.40. The molecule has 1 saturated heterocycles. The quantitative estimate of drug-likeness (QED) is 0.673. The molecule has 1 atom stereocenters. The van der Waals surface area contributed by atoms with Crippen molar-refractivity contribution in [1.29, 1.82) is 0 Å². The topological polar surface area (TPSA) is 51.0 Å². The van der Waals surface area contributed by atoms with Crippen LogP contribution in [-0.4, -0.2) is 38.4 Å². The van der Waals surface area contributed by atoms with Crippen LogP contribution >= 0.6 is 11.3 Å². The zero-order valence-corrected chi connectivity index (χ0v) is 16.4. The first-order valence-corrected chi connectivity index (χ1v) is 10.5. The summed E-state index contributed by atoms with van der Waals surface area (Å²) >= 11 is 1.61. The maximum Gasteiger partial charge on any atom is 0.254 e. The highest BCUT2D eigenvalue weighted by Gasteiger charge is 2.28. The zero-order valence-electron chi connectivity index (χ0n) is 15.5. The van der Waals surface area contributed by atoms with Gasteiger partial charge in [0.1, 0.15) is 5.82 Å². The minimum atomic E-state index is 0.148. The number of carbonyl (C=O) groups excluding carboxylic acids is 1. The number of piperidine rings is 1. The normalized spacial score (nSPS) is 17.2. The Kier molecular flexibility index (Phi) is 5.34. The molecule has 0 spiro atoms. The zero-order chi connectivity index (χ0) is 18.6. The van der Waals surface area contributed by atoms with Gasteiger partial charge in [-0.05, 0) is 30.9 Å². The van der Waals surface area contributed by atoms with Gasteiger partial charge in [-0.3, -0.25) is 4.79 Å². The molecule has 1 aromatic carbocycles. The Morgan fingerprint density at radius 2 is 2.19 bits per heavy atom. The molecule has 27 heavy (non-hydrogen) atoms.